The molecule has 1 unspecified atom stereocenters. The Hall–Kier alpha value is -0.640. The van der Waals surface area contributed by atoms with E-state index in [1.165, 1.54) is 5.56 Å². The summed E-state index contributed by atoms with van der Waals surface area (Å²) >= 11 is 0. The van der Waals surface area contributed by atoms with E-state index in [-0.39, 0.29) is 18.2 Å². The van der Waals surface area contributed by atoms with Crippen molar-refractivity contribution in [2.24, 2.45) is 5.73 Å². The molecule has 4 heteroatoms. The second-order valence-corrected chi connectivity index (χ2v) is 4.85. The molecule has 0 amide bonds. The Morgan fingerprint density at radius 1 is 1.28 bits per heavy atom. The third kappa shape index (κ3) is 3.67. The van der Waals surface area contributed by atoms with E-state index in [0.717, 1.165) is 32.4 Å². The van der Waals surface area contributed by atoms with Gasteiger partial charge >= 0.3 is 0 Å². The lowest BCUT2D eigenvalue weighted by Crippen LogP contribution is -2.41. The summed E-state index contributed by atoms with van der Waals surface area (Å²) in [7, 11) is 0. The lowest BCUT2D eigenvalue weighted by atomic mass is 9.98. The second kappa shape index (κ2) is 7.07. The van der Waals surface area contributed by atoms with Crippen molar-refractivity contribution in [3.8, 4) is 0 Å². The number of benzene rings is 1. The minimum atomic E-state index is -0.163. The fraction of sp³-hybridized carbons (Fsp3) is 0.571. The molecule has 2 nitrogen and oxygen atoms in total. The molecule has 0 aliphatic carbocycles. The summed E-state index contributed by atoms with van der Waals surface area (Å²) in [5.41, 5.74) is 7.13. The van der Waals surface area contributed by atoms with Crippen LogP contribution < -0.4 is 5.73 Å². The standard InChI is InChI=1S/C14H21FN2.ClH/c1-2-14(11-3-5-12(15)6-4-11)17-9-7-13(16)8-10-17;/h3-6,13-14H,2,7-10,16H2,1H3;1H. The monoisotopic (exact) mass is 272 g/mol. The quantitative estimate of drug-likeness (QED) is 0.916. The van der Waals surface area contributed by atoms with Gasteiger partial charge in [-0.25, -0.2) is 4.39 Å². The summed E-state index contributed by atoms with van der Waals surface area (Å²) in [6.07, 6.45) is 3.19. The molecule has 0 bridgehead atoms. The number of hydrogen-bond donors (Lipinski definition) is 1. The maximum absolute atomic E-state index is 12.9. The molecule has 0 radical (unpaired) electrons. The number of nitrogens with two attached hydrogens (primary N) is 1. The van der Waals surface area contributed by atoms with Gasteiger partial charge in [0.2, 0.25) is 0 Å². The van der Waals surface area contributed by atoms with E-state index < -0.39 is 0 Å². The van der Waals surface area contributed by atoms with Crippen LogP contribution in [0.3, 0.4) is 0 Å². The molecule has 102 valence electrons. The maximum atomic E-state index is 12.9. The highest BCUT2D eigenvalue weighted by Crippen LogP contribution is 2.27. The van der Waals surface area contributed by atoms with Gasteiger partial charge < -0.3 is 5.73 Å². The molecule has 2 N–H and O–H groups in total. The summed E-state index contributed by atoms with van der Waals surface area (Å²) in [6, 6.07) is 7.66. The van der Waals surface area contributed by atoms with Crippen LogP contribution in [0.1, 0.15) is 37.8 Å². The molecule has 18 heavy (non-hydrogen) atoms. The number of rotatable bonds is 3. The number of halogens is 2. The lowest BCUT2D eigenvalue weighted by Gasteiger charge is -2.36. The number of hydrogen-bond acceptors (Lipinski definition) is 2. The van der Waals surface area contributed by atoms with E-state index in [0.29, 0.717) is 12.1 Å². The van der Waals surface area contributed by atoms with Crippen LogP contribution in [0.4, 0.5) is 4.39 Å². The van der Waals surface area contributed by atoms with Crippen molar-refractivity contribution >= 4 is 12.4 Å². The zero-order chi connectivity index (χ0) is 12.3. The number of piperidine rings is 1. The Morgan fingerprint density at radius 3 is 2.33 bits per heavy atom. The molecule has 1 aliphatic rings. The van der Waals surface area contributed by atoms with Gasteiger partial charge in [0.25, 0.3) is 0 Å². The van der Waals surface area contributed by atoms with E-state index in [2.05, 4.69) is 11.8 Å². The first kappa shape index (κ1) is 15.4. The van der Waals surface area contributed by atoms with Gasteiger partial charge in [0.05, 0.1) is 0 Å². The Bertz CT molecular complexity index is 347. The number of nitrogens with zero attached hydrogens (tertiary/aromatic N) is 1. The van der Waals surface area contributed by atoms with Crippen molar-refractivity contribution in [3.05, 3.63) is 35.6 Å². The van der Waals surface area contributed by atoms with Crippen molar-refractivity contribution in [3.63, 3.8) is 0 Å². The van der Waals surface area contributed by atoms with Gasteiger partial charge in [0, 0.05) is 25.2 Å². The van der Waals surface area contributed by atoms with Gasteiger partial charge in [0.15, 0.2) is 0 Å². The topological polar surface area (TPSA) is 29.3 Å². The molecule has 2 rings (SSSR count). The Morgan fingerprint density at radius 2 is 1.83 bits per heavy atom. The highest BCUT2D eigenvalue weighted by Gasteiger charge is 2.23. The number of likely N-dealkylation sites (tertiary alicyclic amines) is 1. The summed E-state index contributed by atoms with van der Waals surface area (Å²) in [4.78, 5) is 2.47. The fourth-order valence-electron chi connectivity index (χ4n) is 2.62. The summed E-state index contributed by atoms with van der Waals surface area (Å²) in [5, 5.41) is 0. The average Bonchev–Trinajstić information content (AvgIpc) is 2.35. The molecular formula is C14H22ClFN2. The predicted molar refractivity (Wildman–Crippen MR) is 75.5 cm³/mol. The summed E-state index contributed by atoms with van der Waals surface area (Å²) in [6.45, 7) is 4.29. The highest BCUT2D eigenvalue weighted by atomic mass is 35.5. The zero-order valence-electron chi connectivity index (χ0n) is 10.8. The van der Waals surface area contributed by atoms with Crippen molar-refractivity contribution in [2.45, 2.75) is 38.3 Å². The SMILES string of the molecule is CCC(c1ccc(F)cc1)N1CCC(N)CC1.Cl. The van der Waals surface area contributed by atoms with E-state index in [4.69, 9.17) is 5.73 Å². The van der Waals surface area contributed by atoms with E-state index >= 15 is 0 Å². The molecule has 0 saturated carbocycles. The normalized spacial score (nSPS) is 19.3. The van der Waals surface area contributed by atoms with Crippen LogP contribution in [-0.4, -0.2) is 24.0 Å². The van der Waals surface area contributed by atoms with Gasteiger partial charge in [-0.2, -0.15) is 0 Å². The van der Waals surface area contributed by atoms with Crippen molar-refractivity contribution < 1.29 is 4.39 Å². The Labute approximate surface area is 115 Å². The van der Waals surface area contributed by atoms with E-state index in [1.807, 2.05) is 12.1 Å². The Kier molecular flexibility index (Phi) is 6.06. The van der Waals surface area contributed by atoms with Crippen molar-refractivity contribution in [2.75, 3.05) is 13.1 Å². The summed E-state index contributed by atoms with van der Waals surface area (Å²) < 4.78 is 12.9. The molecule has 1 heterocycles. The van der Waals surface area contributed by atoms with Gasteiger partial charge in [-0.05, 0) is 37.0 Å². The molecule has 1 atom stereocenters. The maximum Gasteiger partial charge on any atom is 0.123 e. The molecular weight excluding hydrogens is 251 g/mol. The van der Waals surface area contributed by atoms with Crippen molar-refractivity contribution in [1.82, 2.24) is 4.90 Å². The molecule has 0 spiro atoms. The fourth-order valence-corrected chi connectivity index (χ4v) is 2.62. The van der Waals surface area contributed by atoms with Crippen LogP contribution >= 0.6 is 12.4 Å². The molecule has 1 aliphatic heterocycles. The van der Waals surface area contributed by atoms with Crippen molar-refractivity contribution in [1.29, 1.82) is 0 Å². The van der Waals surface area contributed by atoms with Gasteiger partial charge in [-0.15, -0.1) is 12.4 Å². The largest absolute Gasteiger partial charge is 0.328 e. The molecule has 1 aromatic rings. The lowest BCUT2D eigenvalue weighted by molar-refractivity contribution is 0.149. The molecule has 1 saturated heterocycles. The van der Waals surface area contributed by atoms with Crippen LogP contribution in [0.15, 0.2) is 24.3 Å². The second-order valence-electron chi connectivity index (χ2n) is 4.85. The van der Waals surface area contributed by atoms with Crippen LogP contribution in [0.2, 0.25) is 0 Å². The minimum Gasteiger partial charge on any atom is -0.328 e. The first-order valence-corrected chi connectivity index (χ1v) is 6.45. The van der Waals surface area contributed by atoms with E-state index in [1.54, 1.807) is 12.1 Å². The third-order valence-corrected chi connectivity index (χ3v) is 3.66. The van der Waals surface area contributed by atoms with Gasteiger partial charge in [-0.3, -0.25) is 4.90 Å². The van der Waals surface area contributed by atoms with Crippen LogP contribution in [0, 0.1) is 5.82 Å². The van der Waals surface area contributed by atoms with Crippen LogP contribution in [0.25, 0.3) is 0 Å². The summed E-state index contributed by atoms with van der Waals surface area (Å²) in [5.74, 6) is -0.163. The first-order valence-electron chi connectivity index (χ1n) is 6.45. The zero-order valence-corrected chi connectivity index (χ0v) is 11.6. The van der Waals surface area contributed by atoms with Gasteiger partial charge in [0.1, 0.15) is 5.82 Å². The Balaban J connectivity index is 0.00000162. The average molecular weight is 273 g/mol. The van der Waals surface area contributed by atoms with Crippen LogP contribution in [0.5, 0.6) is 0 Å². The van der Waals surface area contributed by atoms with E-state index in [9.17, 15) is 4.39 Å². The third-order valence-electron chi connectivity index (χ3n) is 3.66. The molecule has 0 aromatic heterocycles. The first-order chi connectivity index (χ1) is 8.20. The van der Waals surface area contributed by atoms with Crippen LogP contribution in [-0.2, 0) is 0 Å². The minimum absolute atomic E-state index is 0. The molecule has 1 fully saturated rings. The van der Waals surface area contributed by atoms with Gasteiger partial charge in [-0.1, -0.05) is 19.1 Å². The molecule has 1 aromatic carbocycles. The highest BCUT2D eigenvalue weighted by molar-refractivity contribution is 5.85. The smallest absolute Gasteiger partial charge is 0.123 e. The predicted octanol–water partition coefficient (Wildman–Crippen LogP) is 3.12.